The number of hydrogen-bond acceptors (Lipinski definition) is 5. The number of halogens is 2. The molecule has 5 nitrogen and oxygen atoms in total. The molecule has 1 rings (SSSR count). The zero-order chi connectivity index (χ0) is 10.0. The van der Waals surface area contributed by atoms with Crippen molar-refractivity contribution in [1.29, 1.82) is 0 Å². The first kappa shape index (κ1) is 10.0. The smallest absolute Gasteiger partial charge is 0.376 e. The molecule has 1 aromatic heterocycles. The summed E-state index contributed by atoms with van der Waals surface area (Å²) in [5, 5.41) is -0.138. The number of nitrogen functional groups attached to an aromatic ring is 1. The molecule has 0 aliphatic rings. The highest BCUT2D eigenvalue weighted by Gasteiger charge is 2.14. The minimum Gasteiger partial charge on any atom is -0.463 e. The molecule has 0 fully saturated rings. The molecule has 0 bridgehead atoms. The highest BCUT2D eigenvalue weighted by atomic mass is 35.5. The molecule has 0 spiro atoms. The Balaban J connectivity index is 3.20. The Morgan fingerprint density at radius 3 is 2.23 bits per heavy atom. The number of anilines is 1. The van der Waals surface area contributed by atoms with Crippen LogP contribution in [0.4, 0.5) is 5.69 Å². The lowest BCUT2D eigenvalue weighted by Crippen LogP contribution is -2.09. The molecule has 7 heteroatoms. The lowest BCUT2D eigenvalue weighted by molar-refractivity contribution is 0.0587. The summed E-state index contributed by atoms with van der Waals surface area (Å²) >= 11 is 11.1. The molecule has 0 aliphatic carbocycles. The monoisotopic (exact) mass is 221 g/mol. The van der Waals surface area contributed by atoms with Crippen molar-refractivity contribution < 1.29 is 9.53 Å². The van der Waals surface area contributed by atoms with Crippen LogP contribution in [0, 0.1) is 0 Å². The number of methoxy groups -OCH3 is 1. The van der Waals surface area contributed by atoms with Crippen LogP contribution in [-0.2, 0) is 4.74 Å². The molecule has 0 atom stereocenters. The molecule has 1 aromatic rings. The van der Waals surface area contributed by atoms with Crippen molar-refractivity contribution in [1.82, 2.24) is 9.97 Å². The molecule has 0 aliphatic heterocycles. The van der Waals surface area contributed by atoms with Crippen molar-refractivity contribution in [3.8, 4) is 0 Å². The highest BCUT2D eigenvalue weighted by molar-refractivity contribution is 6.37. The number of carbonyl (C=O) groups is 1. The Hall–Kier alpha value is -1.07. The van der Waals surface area contributed by atoms with Gasteiger partial charge in [-0.15, -0.1) is 0 Å². The van der Waals surface area contributed by atoms with E-state index in [9.17, 15) is 4.79 Å². The van der Waals surface area contributed by atoms with Gasteiger partial charge in [-0.05, 0) is 0 Å². The quantitative estimate of drug-likeness (QED) is 0.569. The molecule has 70 valence electrons. The van der Waals surface area contributed by atoms with Gasteiger partial charge in [-0.1, -0.05) is 23.2 Å². The van der Waals surface area contributed by atoms with Crippen LogP contribution in [0.25, 0.3) is 0 Å². The molecular formula is C6H5Cl2N3O2. The van der Waals surface area contributed by atoms with Crippen molar-refractivity contribution in [2.75, 3.05) is 12.8 Å². The third kappa shape index (κ3) is 1.99. The van der Waals surface area contributed by atoms with Gasteiger partial charge in [-0.2, -0.15) is 0 Å². The fraction of sp³-hybridized carbons (Fsp3) is 0.167. The van der Waals surface area contributed by atoms with Crippen LogP contribution in [-0.4, -0.2) is 23.0 Å². The zero-order valence-corrected chi connectivity index (χ0v) is 8.06. The van der Waals surface area contributed by atoms with Crippen LogP contribution >= 0.6 is 23.2 Å². The normalized spacial score (nSPS) is 9.77. The van der Waals surface area contributed by atoms with Crippen LogP contribution in [0.5, 0.6) is 0 Å². The Labute approximate surface area is 83.8 Å². The van der Waals surface area contributed by atoms with Gasteiger partial charge in [-0.25, -0.2) is 14.8 Å². The summed E-state index contributed by atoms with van der Waals surface area (Å²) in [5.74, 6) is -0.935. The van der Waals surface area contributed by atoms with Crippen molar-refractivity contribution in [2.45, 2.75) is 0 Å². The standard InChI is InChI=1S/C6H5Cl2N3O2/c1-13-6(12)5-10-3(7)2(9)4(8)11-5/h9H2,1H3. The summed E-state index contributed by atoms with van der Waals surface area (Å²) in [5.41, 5.74) is 5.39. The topological polar surface area (TPSA) is 78.1 Å². The first-order chi connectivity index (χ1) is 6.06. The number of aromatic nitrogens is 2. The van der Waals surface area contributed by atoms with Crippen LogP contribution < -0.4 is 5.73 Å². The molecule has 1 heterocycles. The number of carbonyl (C=O) groups excluding carboxylic acids is 1. The van der Waals surface area contributed by atoms with E-state index in [0.29, 0.717) is 0 Å². The fourth-order valence-electron chi connectivity index (χ4n) is 0.599. The third-order valence-corrected chi connectivity index (χ3v) is 1.80. The largest absolute Gasteiger partial charge is 0.463 e. The average Bonchev–Trinajstić information content (AvgIpc) is 2.12. The maximum Gasteiger partial charge on any atom is 0.376 e. The number of nitrogens with two attached hydrogens (primary N) is 1. The van der Waals surface area contributed by atoms with Crippen LogP contribution in [0.1, 0.15) is 10.6 Å². The second-order valence-corrected chi connectivity index (χ2v) is 2.75. The van der Waals surface area contributed by atoms with E-state index < -0.39 is 5.97 Å². The Bertz CT molecular complexity index is 333. The molecule has 0 amide bonds. The van der Waals surface area contributed by atoms with E-state index >= 15 is 0 Å². The molecular weight excluding hydrogens is 217 g/mol. The summed E-state index contributed by atoms with van der Waals surface area (Å²) in [6, 6.07) is 0. The van der Waals surface area contributed by atoms with Gasteiger partial charge in [0.25, 0.3) is 0 Å². The molecule has 0 unspecified atom stereocenters. The van der Waals surface area contributed by atoms with Gasteiger partial charge >= 0.3 is 5.97 Å². The number of esters is 1. The van der Waals surface area contributed by atoms with Gasteiger partial charge in [0.1, 0.15) is 5.69 Å². The summed E-state index contributed by atoms with van der Waals surface area (Å²) in [6.07, 6.45) is 0. The van der Waals surface area contributed by atoms with Gasteiger partial charge in [-0.3, -0.25) is 0 Å². The molecule has 2 N–H and O–H groups in total. The van der Waals surface area contributed by atoms with Crippen molar-refractivity contribution in [2.24, 2.45) is 0 Å². The zero-order valence-electron chi connectivity index (χ0n) is 6.54. The Morgan fingerprint density at radius 1 is 1.38 bits per heavy atom. The first-order valence-corrected chi connectivity index (χ1v) is 3.88. The van der Waals surface area contributed by atoms with E-state index in [1.165, 1.54) is 7.11 Å². The predicted octanol–water partition coefficient (Wildman–Crippen LogP) is 1.15. The van der Waals surface area contributed by atoms with E-state index in [2.05, 4.69) is 14.7 Å². The molecule has 0 aromatic carbocycles. The molecule has 0 saturated heterocycles. The molecule has 0 radical (unpaired) electrons. The number of hydrogen-bond donors (Lipinski definition) is 1. The second-order valence-electron chi connectivity index (χ2n) is 2.03. The first-order valence-electron chi connectivity index (χ1n) is 3.13. The summed E-state index contributed by atoms with van der Waals surface area (Å²) in [4.78, 5) is 18.1. The highest BCUT2D eigenvalue weighted by Crippen LogP contribution is 2.23. The van der Waals surface area contributed by atoms with Crippen LogP contribution in [0.2, 0.25) is 10.3 Å². The minimum absolute atomic E-state index is 0.0380. The van der Waals surface area contributed by atoms with Crippen LogP contribution in [0.15, 0.2) is 0 Å². The van der Waals surface area contributed by atoms with Gasteiger partial charge < -0.3 is 10.5 Å². The lowest BCUT2D eigenvalue weighted by Gasteiger charge is -2.01. The summed E-state index contributed by atoms with van der Waals surface area (Å²) < 4.78 is 4.36. The van der Waals surface area contributed by atoms with Gasteiger partial charge in [0.05, 0.1) is 7.11 Å². The van der Waals surface area contributed by atoms with Crippen molar-refractivity contribution in [3.63, 3.8) is 0 Å². The predicted molar refractivity (Wildman–Crippen MR) is 47.8 cm³/mol. The van der Waals surface area contributed by atoms with Crippen LogP contribution in [0.3, 0.4) is 0 Å². The van der Waals surface area contributed by atoms with Gasteiger partial charge in [0.15, 0.2) is 10.3 Å². The SMILES string of the molecule is COC(=O)c1nc(Cl)c(N)c(Cl)n1. The summed E-state index contributed by atoms with van der Waals surface area (Å²) in [6.45, 7) is 0. The Morgan fingerprint density at radius 2 is 1.85 bits per heavy atom. The van der Waals surface area contributed by atoms with E-state index in [1.807, 2.05) is 0 Å². The van der Waals surface area contributed by atoms with E-state index in [1.54, 1.807) is 0 Å². The number of nitrogens with zero attached hydrogens (tertiary/aromatic N) is 2. The average molecular weight is 222 g/mol. The number of rotatable bonds is 1. The van der Waals surface area contributed by atoms with E-state index in [0.717, 1.165) is 0 Å². The maximum atomic E-state index is 10.9. The van der Waals surface area contributed by atoms with Gasteiger partial charge in [0.2, 0.25) is 5.82 Å². The number of ether oxygens (including phenoxy) is 1. The Kier molecular flexibility index (Phi) is 2.90. The minimum atomic E-state index is -0.719. The van der Waals surface area contributed by atoms with E-state index in [4.69, 9.17) is 28.9 Å². The van der Waals surface area contributed by atoms with E-state index in [-0.39, 0.29) is 21.8 Å². The van der Waals surface area contributed by atoms with Crippen molar-refractivity contribution >= 4 is 34.9 Å². The second kappa shape index (κ2) is 3.76. The third-order valence-electron chi connectivity index (χ3n) is 1.22. The van der Waals surface area contributed by atoms with Crippen molar-refractivity contribution in [3.05, 3.63) is 16.1 Å². The fourth-order valence-corrected chi connectivity index (χ4v) is 0.987. The molecule has 0 saturated carbocycles. The lowest BCUT2D eigenvalue weighted by atomic mass is 10.5. The maximum absolute atomic E-state index is 10.9. The summed E-state index contributed by atoms with van der Waals surface area (Å²) in [7, 11) is 1.20. The molecule has 13 heavy (non-hydrogen) atoms. The van der Waals surface area contributed by atoms with Gasteiger partial charge in [0, 0.05) is 0 Å².